The van der Waals surface area contributed by atoms with Gasteiger partial charge in [-0.25, -0.2) is 19.9 Å². The molecule has 0 spiro atoms. The molecule has 306 valence electrons. The van der Waals surface area contributed by atoms with Gasteiger partial charge in [-0.3, -0.25) is 9.13 Å². The molecule has 0 bridgehead atoms. The van der Waals surface area contributed by atoms with Gasteiger partial charge in [-0.05, 0) is 58.7 Å². The van der Waals surface area contributed by atoms with E-state index in [0.717, 1.165) is 67.3 Å². The van der Waals surface area contributed by atoms with Crippen LogP contribution in [0.4, 0.5) is 0 Å². The van der Waals surface area contributed by atoms with Crippen LogP contribution in [0, 0.1) is 0 Å². The van der Waals surface area contributed by atoms with E-state index in [9.17, 15) is 0 Å². The third-order valence-electron chi connectivity index (χ3n) is 13.4. The van der Waals surface area contributed by atoms with Crippen LogP contribution in [0.1, 0.15) is 25.0 Å². The molecule has 65 heavy (non-hydrogen) atoms. The van der Waals surface area contributed by atoms with Gasteiger partial charge >= 0.3 is 0 Å². The molecular weight excluding hydrogens is 793 g/mol. The van der Waals surface area contributed by atoms with Gasteiger partial charge in [0, 0.05) is 55.3 Å². The zero-order valence-corrected chi connectivity index (χ0v) is 35.8. The van der Waals surface area contributed by atoms with Gasteiger partial charge in [0.25, 0.3) is 0 Å². The summed E-state index contributed by atoms with van der Waals surface area (Å²) in [4.78, 5) is 21.2. The van der Waals surface area contributed by atoms with Gasteiger partial charge in [0.2, 0.25) is 0 Å². The van der Waals surface area contributed by atoms with Crippen molar-refractivity contribution in [1.82, 2.24) is 29.1 Å². The third kappa shape index (κ3) is 5.80. The lowest BCUT2D eigenvalue weighted by molar-refractivity contribution is 0.660. The number of hydrogen-bond donors (Lipinski definition) is 0. The Balaban J connectivity index is 0.973. The summed E-state index contributed by atoms with van der Waals surface area (Å²) in [5.74, 6) is 2.90. The maximum Gasteiger partial charge on any atom is 0.163 e. The summed E-state index contributed by atoms with van der Waals surface area (Å²) in [5.41, 5.74) is 15.1. The number of rotatable bonds is 6. The number of fused-ring (bicyclic) bond motifs is 9. The Hall–Kier alpha value is -8.48. The lowest BCUT2D eigenvalue weighted by Crippen LogP contribution is -2.14. The zero-order chi connectivity index (χ0) is 43.2. The number of benzene rings is 8. The molecule has 0 N–H and O–H groups in total. The minimum absolute atomic E-state index is 0.127. The lowest BCUT2D eigenvalue weighted by Gasteiger charge is -2.22. The summed E-state index contributed by atoms with van der Waals surface area (Å²) in [6.45, 7) is 4.64. The van der Waals surface area contributed by atoms with E-state index in [4.69, 9.17) is 19.9 Å². The standard InChI is InChI=1S/C59H40N6/c1-59(2)47-23-11-6-18-41(47)42-33-32-40(34-48(42)59)50-35-49(60-57(61-50)38-16-4-3-5-17-38)37-28-30-39(31-29-37)58-62-55(64-51-24-12-7-19-43(51)44-20-8-13-25-52(44)64)36-56(63-58)65-53-26-14-9-21-45(53)46-22-10-15-27-54(46)65/h3-36H,1-2H3. The van der Waals surface area contributed by atoms with E-state index in [1.807, 2.05) is 18.2 Å². The summed E-state index contributed by atoms with van der Waals surface area (Å²) in [6, 6.07) is 72.8. The summed E-state index contributed by atoms with van der Waals surface area (Å²) in [5, 5.41) is 4.72. The van der Waals surface area contributed by atoms with Gasteiger partial charge in [0.15, 0.2) is 11.6 Å². The van der Waals surface area contributed by atoms with Crippen LogP contribution < -0.4 is 0 Å². The van der Waals surface area contributed by atoms with E-state index < -0.39 is 0 Å². The first-order valence-electron chi connectivity index (χ1n) is 22.1. The van der Waals surface area contributed by atoms with Gasteiger partial charge in [0.05, 0.1) is 33.5 Å². The predicted octanol–water partition coefficient (Wildman–Crippen LogP) is 14.4. The Morgan fingerprint density at radius 3 is 1.31 bits per heavy atom. The second kappa shape index (κ2) is 14.3. The highest BCUT2D eigenvalue weighted by atomic mass is 15.1. The van der Waals surface area contributed by atoms with Crippen LogP contribution in [0.3, 0.4) is 0 Å². The van der Waals surface area contributed by atoms with Gasteiger partial charge < -0.3 is 0 Å². The molecule has 1 aliphatic rings. The molecular formula is C59H40N6. The summed E-state index contributed by atoms with van der Waals surface area (Å²) < 4.78 is 4.54. The second-order valence-electron chi connectivity index (χ2n) is 17.5. The van der Waals surface area contributed by atoms with Crippen molar-refractivity contribution in [3.8, 4) is 68.1 Å². The highest BCUT2D eigenvalue weighted by Gasteiger charge is 2.35. The predicted molar refractivity (Wildman–Crippen MR) is 266 cm³/mol. The van der Waals surface area contributed by atoms with Crippen molar-refractivity contribution in [3.63, 3.8) is 0 Å². The van der Waals surface area contributed by atoms with Gasteiger partial charge in [0.1, 0.15) is 11.6 Å². The molecule has 6 nitrogen and oxygen atoms in total. The molecule has 1 aliphatic carbocycles. The molecule has 0 fully saturated rings. The molecule has 0 saturated heterocycles. The third-order valence-corrected chi connectivity index (χ3v) is 13.4. The van der Waals surface area contributed by atoms with Crippen molar-refractivity contribution >= 4 is 43.6 Å². The van der Waals surface area contributed by atoms with E-state index >= 15 is 0 Å². The average Bonchev–Trinajstić information content (AvgIpc) is 3.97. The minimum Gasteiger partial charge on any atom is -0.294 e. The van der Waals surface area contributed by atoms with E-state index in [1.54, 1.807) is 0 Å². The van der Waals surface area contributed by atoms with Crippen LogP contribution in [0.25, 0.3) is 112 Å². The molecule has 0 radical (unpaired) electrons. The molecule has 4 aromatic heterocycles. The molecule has 0 aliphatic heterocycles. The largest absolute Gasteiger partial charge is 0.294 e. The van der Waals surface area contributed by atoms with Crippen molar-refractivity contribution in [3.05, 3.63) is 217 Å². The van der Waals surface area contributed by atoms with Crippen LogP contribution in [-0.4, -0.2) is 29.1 Å². The normalized spacial score (nSPS) is 12.9. The van der Waals surface area contributed by atoms with E-state index in [0.29, 0.717) is 11.6 Å². The molecule has 12 aromatic rings. The number of aromatic nitrogens is 6. The molecule has 4 heterocycles. The molecule has 0 saturated carbocycles. The highest BCUT2D eigenvalue weighted by molar-refractivity contribution is 6.10. The lowest BCUT2D eigenvalue weighted by atomic mass is 9.82. The summed E-state index contributed by atoms with van der Waals surface area (Å²) >= 11 is 0. The smallest absolute Gasteiger partial charge is 0.163 e. The second-order valence-corrected chi connectivity index (χ2v) is 17.5. The van der Waals surface area contributed by atoms with Crippen LogP contribution in [0.2, 0.25) is 0 Å². The number of para-hydroxylation sites is 4. The van der Waals surface area contributed by atoms with Crippen LogP contribution >= 0.6 is 0 Å². The van der Waals surface area contributed by atoms with E-state index in [1.165, 1.54) is 43.8 Å². The van der Waals surface area contributed by atoms with Crippen molar-refractivity contribution in [2.24, 2.45) is 0 Å². The molecule has 13 rings (SSSR count). The van der Waals surface area contributed by atoms with Gasteiger partial charge in [-0.2, -0.15) is 0 Å². The maximum absolute atomic E-state index is 5.39. The Kier molecular flexibility index (Phi) is 8.15. The van der Waals surface area contributed by atoms with Crippen LogP contribution in [0.5, 0.6) is 0 Å². The Morgan fingerprint density at radius 1 is 0.323 bits per heavy atom. The first-order chi connectivity index (χ1) is 32.0. The fourth-order valence-corrected chi connectivity index (χ4v) is 10.2. The van der Waals surface area contributed by atoms with Crippen LogP contribution in [0.15, 0.2) is 206 Å². The van der Waals surface area contributed by atoms with Crippen LogP contribution in [-0.2, 0) is 5.41 Å². The molecule has 6 heteroatoms. The van der Waals surface area contributed by atoms with Crippen molar-refractivity contribution in [2.75, 3.05) is 0 Å². The first kappa shape index (κ1) is 37.1. The first-order valence-corrected chi connectivity index (χ1v) is 22.1. The van der Waals surface area contributed by atoms with Gasteiger partial charge in [-0.1, -0.05) is 178 Å². The maximum atomic E-state index is 5.39. The Bertz CT molecular complexity index is 3620. The number of nitrogens with zero attached hydrogens (tertiary/aromatic N) is 6. The van der Waals surface area contributed by atoms with E-state index in [-0.39, 0.29) is 5.41 Å². The summed E-state index contributed by atoms with van der Waals surface area (Å²) in [7, 11) is 0. The molecule has 0 atom stereocenters. The van der Waals surface area contributed by atoms with Gasteiger partial charge in [-0.15, -0.1) is 0 Å². The quantitative estimate of drug-likeness (QED) is 0.167. The van der Waals surface area contributed by atoms with Crippen molar-refractivity contribution in [1.29, 1.82) is 0 Å². The Morgan fingerprint density at radius 2 is 0.738 bits per heavy atom. The topological polar surface area (TPSA) is 61.4 Å². The monoisotopic (exact) mass is 832 g/mol. The molecule has 0 amide bonds. The van der Waals surface area contributed by atoms with Crippen molar-refractivity contribution in [2.45, 2.75) is 19.3 Å². The zero-order valence-electron chi connectivity index (χ0n) is 35.8. The summed E-state index contributed by atoms with van der Waals surface area (Å²) in [6.07, 6.45) is 0. The highest BCUT2D eigenvalue weighted by Crippen LogP contribution is 2.49. The van der Waals surface area contributed by atoms with Crippen molar-refractivity contribution < 1.29 is 0 Å². The Labute approximate surface area is 375 Å². The fraction of sp³-hybridized carbons (Fsp3) is 0.0508. The fourth-order valence-electron chi connectivity index (χ4n) is 10.2. The van der Waals surface area contributed by atoms with E-state index in [2.05, 4.69) is 211 Å². The molecule has 8 aromatic carbocycles. The SMILES string of the molecule is CC1(C)c2ccccc2-c2ccc(-c3cc(-c4ccc(-c5nc(-n6c7ccccc7c7ccccc76)cc(-n6c7ccccc7c7ccccc76)n5)cc4)nc(-c4ccccc4)n3)cc21. The average molecular weight is 833 g/mol. The number of hydrogen-bond acceptors (Lipinski definition) is 4. The minimum atomic E-state index is -0.127. The molecule has 0 unspecified atom stereocenters.